The molecule has 4 N–H and O–H groups in total. The molecule has 0 spiro atoms. The van der Waals surface area contributed by atoms with Crippen molar-refractivity contribution in [3.63, 3.8) is 0 Å². The quantitative estimate of drug-likeness (QED) is 0.569. The summed E-state index contributed by atoms with van der Waals surface area (Å²) in [4.78, 5) is 27.1. The zero-order chi connectivity index (χ0) is 17.8. The first-order valence-corrected chi connectivity index (χ1v) is 7.71. The maximum absolute atomic E-state index is 13.0. The first-order chi connectivity index (χ1) is 12.1. The van der Waals surface area contributed by atoms with Crippen LogP contribution in [0.25, 0.3) is 0 Å². The molecule has 124 valence electrons. The van der Waals surface area contributed by atoms with Crippen LogP contribution in [-0.4, -0.2) is 11.8 Å². The lowest BCUT2D eigenvalue weighted by Crippen LogP contribution is -2.37. The molecule has 3 aromatic rings. The number of nitrogens with two attached hydrogens (primary N) is 2. The highest BCUT2D eigenvalue weighted by atomic mass is 16.2. The maximum atomic E-state index is 13.0. The van der Waals surface area contributed by atoms with E-state index in [-0.39, 0.29) is 0 Å². The van der Waals surface area contributed by atoms with Crippen LogP contribution in [0.1, 0.15) is 20.7 Å². The second-order valence-electron chi connectivity index (χ2n) is 5.53. The fourth-order valence-electron chi connectivity index (χ4n) is 2.41. The summed E-state index contributed by atoms with van der Waals surface area (Å²) in [6.07, 6.45) is 0. The molecular formula is C20H17N3O2. The molecule has 0 bridgehead atoms. The Labute approximate surface area is 145 Å². The van der Waals surface area contributed by atoms with Gasteiger partial charge in [-0.3, -0.25) is 9.59 Å². The number of hydrogen-bond donors (Lipinski definition) is 2. The fraction of sp³-hybridized carbons (Fsp3) is 0. The Morgan fingerprint density at radius 2 is 1.00 bits per heavy atom. The second kappa shape index (κ2) is 6.88. The number of carbonyl (C=O) groups excluding carboxylic acids is 2. The van der Waals surface area contributed by atoms with Gasteiger partial charge in [0.15, 0.2) is 0 Å². The molecule has 0 unspecified atom stereocenters. The van der Waals surface area contributed by atoms with Crippen LogP contribution in [0.15, 0.2) is 78.9 Å². The molecule has 0 aliphatic rings. The van der Waals surface area contributed by atoms with Crippen LogP contribution in [0.5, 0.6) is 0 Å². The molecule has 5 nitrogen and oxygen atoms in total. The van der Waals surface area contributed by atoms with Crippen LogP contribution in [0.2, 0.25) is 0 Å². The van der Waals surface area contributed by atoms with E-state index in [1.807, 2.05) is 6.07 Å². The van der Waals surface area contributed by atoms with Crippen molar-refractivity contribution in [2.75, 3.05) is 16.4 Å². The topological polar surface area (TPSA) is 89.4 Å². The average Bonchev–Trinajstić information content (AvgIpc) is 2.64. The molecule has 0 fully saturated rings. The summed E-state index contributed by atoms with van der Waals surface area (Å²) in [6.45, 7) is 0. The minimum absolute atomic E-state index is 0.377. The third-order valence-corrected chi connectivity index (χ3v) is 3.74. The van der Waals surface area contributed by atoms with Gasteiger partial charge in [-0.25, -0.2) is 4.90 Å². The number of nitrogen functional groups attached to an aromatic ring is 2. The molecule has 25 heavy (non-hydrogen) atoms. The molecule has 0 saturated heterocycles. The van der Waals surface area contributed by atoms with Crippen molar-refractivity contribution in [2.45, 2.75) is 0 Å². The summed E-state index contributed by atoms with van der Waals surface area (Å²) >= 11 is 0. The number of carbonyl (C=O) groups is 2. The van der Waals surface area contributed by atoms with Gasteiger partial charge in [0.05, 0.1) is 5.69 Å². The van der Waals surface area contributed by atoms with E-state index in [2.05, 4.69) is 0 Å². The third kappa shape index (κ3) is 3.50. The number of amides is 2. The minimum atomic E-state index is -0.423. The normalized spacial score (nSPS) is 10.2. The number of para-hydroxylation sites is 1. The van der Waals surface area contributed by atoms with Gasteiger partial charge in [-0.2, -0.15) is 0 Å². The predicted molar refractivity (Wildman–Crippen MR) is 99.3 cm³/mol. The van der Waals surface area contributed by atoms with E-state index >= 15 is 0 Å². The standard InChI is InChI=1S/C20H17N3O2/c21-16-10-6-14(7-11-16)19(24)23(18-4-2-1-3-5-18)20(25)15-8-12-17(22)13-9-15/h1-13H,21-22H2. The number of anilines is 3. The molecule has 5 heteroatoms. The smallest absolute Gasteiger partial charge is 0.265 e. The van der Waals surface area contributed by atoms with E-state index in [9.17, 15) is 9.59 Å². The van der Waals surface area contributed by atoms with Gasteiger partial charge in [0, 0.05) is 22.5 Å². The Kier molecular flexibility index (Phi) is 4.48. The molecule has 3 rings (SSSR count). The number of benzene rings is 3. The molecule has 0 radical (unpaired) electrons. The van der Waals surface area contributed by atoms with Gasteiger partial charge in [-0.1, -0.05) is 18.2 Å². The van der Waals surface area contributed by atoms with Crippen LogP contribution in [0.3, 0.4) is 0 Å². The molecule has 0 atom stereocenters. The molecule has 0 heterocycles. The van der Waals surface area contributed by atoms with Crippen LogP contribution in [-0.2, 0) is 0 Å². The van der Waals surface area contributed by atoms with Crippen molar-refractivity contribution in [1.29, 1.82) is 0 Å². The lowest BCUT2D eigenvalue weighted by Gasteiger charge is -2.21. The molecule has 0 aliphatic heterocycles. The SMILES string of the molecule is Nc1ccc(C(=O)N(C(=O)c2ccc(N)cc2)c2ccccc2)cc1. The van der Waals surface area contributed by atoms with Gasteiger partial charge in [-0.05, 0) is 60.7 Å². The molecule has 0 aliphatic carbocycles. The zero-order valence-corrected chi connectivity index (χ0v) is 13.4. The van der Waals surface area contributed by atoms with Crippen molar-refractivity contribution >= 4 is 28.9 Å². The van der Waals surface area contributed by atoms with Gasteiger partial charge in [0.25, 0.3) is 11.8 Å². The first kappa shape index (κ1) is 16.3. The summed E-state index contributed by atoms with van der Waals surface area (Å²) < 4.78 is 0. The Hall–Kier alpha value is -3.60. The van der Waals surface area contributed by atoms with Crippen molar-refractivity contribution in [1.82, 2.24) is 0 Å². The van der Waals surface area contributed by atoms with E-state index in [4.69, 9.17) is 11.5 Å². The highest BCUT2D eigenvalue weighted by Gasteiger charge is 2.25. The Morgan fingerprint density at radius 1 is 0.600 bits per heavy atom. The fourth-order valence-corrected chi connectivity index (χ4v) is 2.41. The largest absolute Gasteiger partial charge is 0.399 e. The highest BCUT2D eigenvalue weighted by molar-refractivity contribution is 6.25. The summed E-state index contributed by atoms with van der Waals surface area (Å²) in [5.41, 5.74) is 13.7. The van der Waals surface area contributed by atoms with Crippen molar-refractivity contribution in [3.05, 3.63) is 90.0 Å². The van der Waals surface area contributed by atoms with E-state index in [1.165, 1.54) is 0 Å². The van der Waals surface area contributed by atoms with Crippen molar-refractivity contribution in [2.24, 2.45) is 0 Å². The molecular weight excluding hydrogens is 314 g/mol. The summed E-state index contributed by atoms with van der Waals surface area (Å²) in [7, 11) is 0. The zero-order valence-electron chi connectivity index (χ0n) is 13.4. The average molecular weight is 331 g/mol. The number of rotatable bonds is 3. The van der Waals surface area contributed by atoms with Gasteiger partial charge in [0.1, 0.15) is 0 Å². The minimum Gasteiger partial charge on any atom is -0.399 e. The number of nitrogens with zero attached hydrogens (tertiary/aromatic N) is 1. The molecule has 2 amide bonds. The third-order valence-electron chi connectivity index (χ3n) is 3.74. The molecule has 0 aromatic heterocycles. The Balaban J connectivity index is 2.03. The van der Waals surface area contributed by atoms with Crippen LogP contribution in [0, 0.1) is 0 Å². The monoisotopic (exact) mass is 331 g/mol. The first-order valence-electron chi connectivity index (χ1n) is 7.71. The van der Waals surface area contributed by atoms with Gasteiger partial charge >= 0.3 is 0 Å². The lowest BCUT2D eigenvalue weighted by atomic mass is 10.1. The Morgan fingerprint density at radius 3 is 1.40 bits per heavy atom. The van der Waals surface area contributed by atoms with Crippen molar-refractivity contribution < 1.29 is 9.59 Å². The number of hydrogen-bond acceptors (Lipinski definition) is 4. The molecule has 0 saturated carbocycles. The Bertz CT molecular complexity index is 831. The summed E-state index contributed by atoms with van der Waals surface area (Å²) in [5, 5.41) is 0. The van der Waals surface area contributed by atoms with E-state index < -0.39 is 11.8 Å². The van der Waals surface area contributed by atoms with Gasteiger partial charge in [-0.15, -0.1) is 0 Å². The number of imide groups is 1. The van der Waals surface area contributed by atoms with Gasteiger partial charge < -0.3 is 11.5 Å². The summed E-state index contributed by atoms with van der Waals surface area (Å²) in [6, 6.07) is 21.7. The van der Waals surface area contributed by atoms with Gasteiger partial charge in [0.2, 0.25) is 0 Å². The van der Waals surface area contributed by atoms with Crippen molar-refractivity contribution in [3.8, 4) is 0 Å². The maximum Gasteiger partial charge on any atom is 0.265 e. The van der Waals surface area contributed by atoms with Crippen LogP contribution < -0.4 is 16.4 Å². The summed E-state index contributed by atoms with van der Waals surface area (Å²) in [5.74, 6) is -0.846. The van der Waals surface area contributed by atoms with E-state index in [1.54, 1.807) is 72.8 Å². The highest BCUT2D eigenvalue weighted by Crippen LogP contribution is 2.21. The second-order valence-corrected chi connectivity index (χ2v) is 5.53. The predicted octanol–water partition coefficient (Wildman–Crippen LogP) is 3.34. The van der Waals surface area contributed by atoms with Crippen LogP contribution >= 0.6 is 0 Å². The lowest BCUT2D eigenvalue weighted by molar-refractivity contribution is 0.0897. The van der Waals surface area contributed by atoms with E-state index in [0.717, 1.165) is 4.90 Å². The van der Waals surface area contributed by atoms with E-state index in [0.29, 0.717) is 28.2 Å². The molecule has 3 aromatic carbocycles. The van der Waals surface area contributed by atoms with Crippen LogP contribution in [0.4, 0.5) is 17.1 Å².